The molecule has 7 nitrogen and oxygen atoms in total. The number of non-ortho nitro benzene ring substituents is 1. The topological polar surface area (TPSA) is 93.3 Å². The molecule has 26 heavy (non-hydrogen) atoms. The summed E-state index contributed by atoms with van der Waals surface area (Å²) in [7, 11) is 0. The lowest BCUT2D eigenvalue weighted by Gasteiger charge is -2.07. The van der Waals surface area contributed by atoms with Crippen LogP contribution in [0.1, 0.15) is 18.3 Å². The number of hydrogen-bond acceptors (Lipinski definition) is 6. The first-order chi connectivity index (χ1) is 12.5. The smallest absolute Gasteiger partial charge is 0.261 e. The summed E-state index contributed by atoms with van der Waals surface area (Å²) >= 11 is 0. The number of nitro groups is 1. The SMILES string of the molecule is CC(=NNc1cc(-c2ccccc2)nc(C)n1)c1cccc([N+](=O)[O-])c1. The monoisotopic (exact) mass is 347 g/mol. The molecule has 0 atom stereocenters. The molecular weight excluding hydrogens is 330 g/mol. The molecule has 7 heteroatoms. The van der Waals surface area contributed by atoms with Gasteiger partial charge in [0.25, 0.3) is 5.69 Å². The molecule has 0 bridgehead atoms. The van der Waals surface area contributed by atoms with Crippen LogP contribution in [-0.4, -0.2) is 20.6 Å². The number of rotatable bonds is 5. The Balaban J connectivity index is 1.85. The summed E-state index contributed by atoms with van der Waals surface area (Å²) in [5.74, 6) is 1.18. The van der Waals surface area contributed by atoms with Gasteiger partial charge in [-0.15, -0.1) is 0 Å². The molecule has 0 amide bonds. The zero-order valence-corrected chi connectivity index (χ0v) is 14.4. The number of benzene rings is 2. The average Bonchev–Trinajstić information content (AvgIpc) is 2.66. The summed E-state index contributed by atoms with van der Waals surface area (Å²) < 4.78 is 0. The molecule has 130 valence electrons. The Morgan fingerprint density at radius 3 is 2.58 bits per heavy atom. The molecule has 0 saturated heterocycles. The molecule has 0 saturated carbocycles. The number of hydrogen-bond donors (Lipinski definition) is 1. The average molecular weight is 347 g/mol. The third-order valence-corrected chi connectivity index (χ3v) is 3.72. The van der Waals surface area contributed by atoms with Gasteiger partial charge in [0.1, 0.15) is 11.6 Å². The van der Waals surface area contributed by atoms with Gasteiger partial charge >= 0.3 is 0 Å². The highest BCUT2D eigenvalue weighted by Gasteiger charge is 2.08. The van der Waals surface area contributed by atoms with Crippen molar-refractivity contribution in [3.05, 3.63) is 82.2 Å². The van der Waals surface area contributed by atoms with E-state index in [-0.39, 0.29) is 5.69 Å². The molecule has 0 aliphatic carbocycles. The van der Waals surface area contributed by atoms with Crippen LogP contribution in [0.2, 0.25) is 0 Å². The van der Waals surface area contributed by atoms with Gasteiger partial charge in [0.05, 0.1) is 16.3 Å². The molecular formula is C19H17N5O2. The summed E-state index contributed by atoms with van der Waals surface area (Å²) in [5.41, 5.74) is 6.00. The molecule has 3 rings (SSSR count). The molecule has 2 aromatic carbocycles. The fourth-order valence-corrected chi connectivity index (χ4v) is 2.43. The first-order valence-corrected chi connectivity index (χ1v) is 7.99. The number of nitro benzene ring substituents is 1. The van der Waals surface area contributed by atoms with E-state index in [1.165, 1.54) is 12.1 Å². The standard InChI is InChI=1S/C19H17N5O2/c1-13(16-9-6-10-17(11-16)24(25)26)22-23-19-12-18(20-14(2)21-19)15-7-4-3-5-8-15/h3-12H,1-2H3,(H,20,21,23). The highest BCUT2D eigenvalue weighted by molar-refractivity contribution is 5.99. The van der Waals surface area contributed by atoms with Crippen molar-refractivity contribution in [3.63, 3.8) is 0 Å². The maximum atomic E-state index is 10.9. The zero-order valence-electron chi connectivity index (χ0n) is 14.4. The molecule has 3 aromatic rings. The van der Waals surface area contributed by atoms with Crippen LogP contribution in [0.5, 0.6) is 0 Å². The van der Waals surface area contributed by atoms with Gasteiger partial charge < -0.3 is 0 Å². The first kappa shape index (κ1) is 17.2. The second kappa shape index (κ2) is 7.52. The summed E-state index contributed by atoms with van der Waals surface area (Å²) in [5, 5.41) is 15.2. The van der Waals surface area contributed by atoms with Crippen molar-refractivity contribution in [1.82, 2.24) is 9.97 Å². The Morgan fingerprint density at radius 1 is 1.08 bits per heavy atom. The second-order valence-electron chi connectivity index (χ2n) is 5.67. The lowest BCUT2D eigenvalue weighted by Crippen LogP contribution is -2.03. The highest BCUT2D eigenvalue weighted by atomic mass is 16.6. The summed E-state index contributed by atoms with van der Waals surface area (Å²) in [6.07, 6.45) is 0. The number of aryl methyl sites for hydroxylation is 1. The van der Waals surface area contributed by atoms with Gasteiger partial charge in [-0.05, 0) is 13.8 Å². The van der Waals surface area contributed by atoms with Crippen molar-refractivity contribution in [2.75, 3.05) is 5.43 Å². The van der Waals surface area contributed by atoms with E-state index in [4.69, 9.17) is 0 Å². The van der Waals surface area contributed by atoms with Crippen LogP contribution in [0.4, 0.5) is 11.5 Å². The molecule has 1 aromatic heterocycles. The number of nitrogens with zero attached hydrogens (tertiary/aromatic N) is 4. The summed E-state index contributed by atoms with van der Waals surface area (Å²) in [6, 6.07) is 17.9. The van der Waals surface area contributed by atoms with Gasteiger partial charge in [-0.25, -0.2) is 9.97 Å². The normalized spacial score (nSPS) is 11.2. The largest absolute Gasteiger partial charge is 0.270 e. The summed E-state index contributed by atoms with van der Waals surface area (Å²) in [4.78, 5) is 19.3. The van der Waals surface area contributed by atoms with Crippen LogP contribution < -0.4 is 5.43 Å². The number of aromatic nitrogens is 2. The van der Waals surface area contributed by atoms with E-state index in [2.05, 4.69) is 20.5 Å². The minimum Gasteiger partial charge on any atom is -0.261 e. The molecule has 0 aliphatic heterocycles. The van der Waals surface area contributed by atoms with Crippen LogP contribution in [0, 0.1) is 17.0 Å². The van der Waals surface area contributed by atoms with E-state index in [1.807, 2.05) is 43.3 Å². The van der Waals surface area contributed by atoms with E-state index >= 15 is 0 Å². The predicted octanol–water partition coefficient (Wildman–Crippen LogP) is 4.20. The predicted molar refractivity (Wildman–Crippen MR) is 101 cm³/mol. The Kier molecular flexibility index (Phi) is 4.98. The number of nitrogens with one attached hydrogen (secondary N) is 1. The van der Waals surface area contributed by atoms with Crippen LogP contribution in [0.15, 0.2) is 65.8 Å². The van der Waals surface area contributed by atoms with Gasteiger partial charge in [-0.3, -0.25) is 15.5 Å². The Hall–Kier alpha value is -3.61. The maximum Gasteiger partial charge on any atom is 0.270 e. The van der Waals surface area contributed by atoms with Gasteiger partial charge in [-0.2, -0.15) is 5.10 Å². The van der Waals surface area contributed by atoms with E-state index < -0.39 is 4.92 Å². The summed E-state index contributed by atoms with van der Waals surface area (Å²) in [6.45, 7) is 3.59. The van der Waals surface area contributed by atoms with E-state index in [0.29, 0.717) is 22.9 Å². The van der Waals surface area contributed by atoms with Crippen LogP contribution in [0.3, 0.4) is 0 Å². The van der Waals surface area contributed by atoms with E-state index in [1.54, 1.807) is 19.1 Å². The van der Waals surface area contributed by atoms with Gasteiger partial charge in [0.2, 0.25) is 0 Å². The van der Waals surface area contributed by atoms with Crippen molar-refractivity contribution >= 4 is 17.2 Å². The minimum absolute atomic E-state index is 0.0290. The van der Waals surface area contributed by atoms with Crippen molar-refractivity contribution in [2.45, 2.75) is 13.8 Å². The van der Waals surface area contributed by atoms with Crippen molar-refractivity contribution in [1.29, 1.82) is 0 Å². The number of anilines is 1. The molecule has 1 N–H and O–H groups in total. The fourth-order valence-electron chi connectivity index (χ4n) is 2.43. The molecule has 0 radical (unpaired) electrons. The number of hydrazone groups is 1. The van der Waals surface area contributed by atoms with Crippen molar-refractivity contribution in [2.24, 2.45) is 5.10 Å². The third kappa shape index (κ3) is 4.07. The van der Waals surface area contributed by atoms with Gasteiger partial charge in [0, 0.05) is 29.3 Å². The van der Waals surface area contributed by atoms with Crippen LogP contribution >= 0.6 is 0 Å². The van der Waals surface area contributed by atoms with Gasteiger partial charge in [0.15, 0.2) is 0 Å². The van der Waals surface area contributed by atoms with Crippen LogP contribution in [0.25, 0.3) is 11.3 Å². The Bertz CT molecular complexity index is 971. The zero-order chi connectivity index (χ0) is 18.5. The molecule has 0 unspecified atom stereocenters. The Morgan fingerprint density at radius 2 is 1.85 bits per heavy atom. The quantitative estimate of drug-likeness (QED) is 0.424. The molecule has 0 fully saturated rings. The fraction of sp³-hybridized carbons (Fsp3) is 0.105. The lowest BCUT2D eigenvalue weighted by molar-refractivity contribution is -0.384. The van der Waals surface area contributed by atoms with Crippen LogP contribution in [-0.2, 0) is 0 Å². The lowest BCUT2D eigenvalue weighted by atomic mass is 10.1. The molecule has 1 heterocycles. The molecule has 0 aliphatic rings. The Labute approximate surface area is 150 Å². The van der Waals surface area contributed by atoms with Gasteiger partial charge in [-0.1, -0.05) is 42.5 Å². The highest BCUT2D eigenvalue weighted by Crippen LogP contribution is 2.20. The molecule has 0 spiro atoms. The third-order valence-electron chi connectivity index (χ3n) is 3.72. The first-order valence-electron chi connectivity index (χ1n) is 7.99. The van der Waals surface area contributed by atoms with Crippen molar-refractivity contribution in [3.8, 4) is 11.3 Å². The van der Waals surface area contributed by atoms with E-state index in [9.17, 15) is 10.1 Å². The van der Waals surface area contributed by atoms with Crippen molar-refractivity contribution < 1.29 is 4.92 Å². The minimum atomic E-state index is -0.426. The maximum absolute atomic E-state index is 10.9. The second-order valence-corrected chi connectivity index (χ2v) is 5.67. The van der Waals surface area contributed by atoms with E-state index in [0.717, 1.165) is 11.3 Å².